The minimum atomic E-state index is -0.0462. The highest BCUT2D eigenvalue weighted by Gasteiger charge is 2.22. The SMILES string of the molecule is CCCOC(=O)CCCCCCCCCCCC(C(=O)OCCC)C(C)C. The van der Waals surface area contributed by atoms with Gasteiger partial charge in [-0.25, -0.2) is 0 Å². The predicted octanol–water partition coefficient (Wildman–Crippen LogP) is 6.46. The van der Waals surface area contributed by atoms with E-state index in [1.54, 1.807) is 0 Å². The van der Waals surface area contributed by atoms with Crippen LogP contribution in [0.3, 0.4) is 0 Å². The Bertz CT molecular complexity index is 365. The lowest BCUT2D eigenvalue weighted by Gasteiger charge is -2.19. The summed E-state index contributed by atoms with van der Waals surface area (Å²) in [6, 6.07) is 0. The van der Waals surface area contributed by atoms with E-state index in [1.807, 2.05) is 13.8 Å². The number of hydrogen-bond donors (Lipinski definition) is 0. The van der Waals surface area contributed by atoms with Gasteiger partial charge in [-0.1, -0.05) is 79.1 Å². The van der Waals surface area contributed by atoms with Crippen molar-refractivity contribution in [1.82, 2.24) is 0 Å². The number of carbonyl (C=O) groups is 2. The molecule has 0 rings (SSSR count). The van der Waals surface area contributed by atoms with Crippen LogP contribution < -0.4 is 0 Å². The normalized spacial score (nSPS) is 12.2. The van der Waals surface area contributed by atoms with Crippen molar-refractivity contribution in [2.45, 2.75) is 111 Å². The van der Waals surface area contributed by atoms with Gasteiger partial charge in [-0.2, -0.15) is 0 Å². The summed E-state index contributed by atoms with van der Waals surface area (Å²) in [5, 5.41) is 0. The van der Waals surface area contributed by atoms with Crippen molar-refractivity contribution in [2.75, 3.05) is 13.2 Å². The monoisotopic (exact) mass is 384 g/mol. The summed E-state index contributed by atoms with van der Waals surface area (Å²) in [5.41, 5.74) is 0. The molecule has 0 radical (unpaired) electrons. The molecule has 0 bridgehead atoms. The minimum absolute atomic E-state index is 0.00887. The molecule has 0 aliphatic rings. The van der Waals surface area contributed by atoms with E-state index in [9.17, 15) is 9.59 Å². The first-order valence-electron chi connectivity index (χ1n) is 11.3. The summed E-state index contributed by atoms with van der Waals surface area (Å²) in [6.07, 6.45) is 13.9. The van der Waals surface area contributed by atoms with Gasteiger partial charge in [0, 0.05) is 6.42 Å². The summed E-state index contributed by atoms with van der Waals surface area (Å²) in [4.78, 5) is 23.4. The maximum atomic E-state index is 12.1. The van der Waals surface area contributed by atoms with Gasteiger partial charge in [0.1, 0.15) is 0 Å². The van der Waals surface area contributed by atoms with E-state index in [0.29, 0.717) is 25.6 Å². The average molecular weight is 385 g/mol. The van der Waals surface area contributed by atoms with E-state index >= 15 is 0 Å². The van der Waals surface area contributed by atoms with E-state index in [-0.39, 0.29) is 17.9 Å². The van der Waals surface area contributed by atoms with E-state index in [2.05, 4.69) is 13.8 Å². The van der Waals surface area contributed by atoms with Gasteiger partial charge < -0.3 is 9.47 Å². The highest BCUT2D eigenvalue weighted by molar-refractivity contribution is 5.72. The molecule has 0 saturated carbocycles. The molecule has 4 heteroatoms. The Labute approximate surface area is 167 Å². The molecule has 0 amide bonds. The zero-order valence-corrected chi connectivity index (χ0v) is 18.4. The van der Waals surface area contributed by atoms with E-state index in [4.69, 9.17) is 9.47 Å². The Hall–Kier alpha value is -1.06. The number of unbranched alkanes of at least 4 members (excludes halogenated alkanes) is 8. The molecule has 4 nitrogen and oxygen atoms in total. The molecule has 1 unspecified atom stereocenters. The maximum absolute atomic E-state index is 12.1. The van der Waals surface area contributed by atoms with Crippen LogP contribution in [-0.4, -0.2) is 25.2 Å². The number of hydrogen-bond acceptors (Lipinski definition) is 4. The van der Waals surface area contributed by atoms with E-state index in [0.717, 1.165) is 38.5 Å². The van der Waals surface area contributed by atoms with Gasteiger partial charge in [-0.05, 0) is 31.6 Å². The van der Waals surface area contributed by atoms with Crippen LogP contribution in [0.25, 0.3) is 0 Å². The third kappa shape index (κ3) is 15.7. The van der Waals surface area contributed by atoms with Crippen molar-refractivity contribution in [3.8, 4) is 0 Å². The first-order chi connectivity index (χ1) is 13.0. The summed E-state index contributed by atoms with van der Waals surface area (Å²) in [7, 11) is 0. The molecule has 0 fully saturated rings. The average Bonchev–Trinajstić information content (AvgIpc) is 2.64. The van der Waals surface area contributed by atoms with E-state index in [1.165, 1.54) is 38.5 Å². The number of carbonyl (C=O) groups excluding carboxylic acids is 2. The van der Waals surface area contributed by atoms with Gasteiger partial charge in [0.05, 0.1) is 19.1 Å². The van der Waals surface area contributed by atoms with E-state index < -0.39 is 0 Å². The Morgan fingerprint density at radius 3 is 1.70 bits per heavy atom. The first kappa shape index (κ1) is 25.9. The van der Waals surface area contributed by atoms with Gasteiger partial charge in [-0.3, -0.25) is 9.59 Å². The van der Waals surface area contributed by atoms with Gasteiger partial charge in [-0.15, -0.1) is 0 Å². The fourth-order valence-electron chi connectivity index (χ4n) is 3.19. The van der Waals surface area contributed by atoms with Gasteiger partial charge >= 0.3 is 11.9 Å². The largest absolute Gasteiger partial charge is 0.466 e. The Morgan fingerprint density at radius 1 is 0.704 bits per heavy atom. The Balaban J connectivity index is 3.52. The lowest BCUT2D eigenvalue weighted by molar-refractivity contribution is -0.150. The summed E-state index contributed by atoms with van der Waals surface area (Å²) in [5.74, 6) is 0.356. The van der Waals surface area contributed by atoms with Crippen molar-refractivity contribution in [3.63, 3.8) is 0 Å². The highest BCUT2D eigenvalue weighted by Crippen LogP contribution is 2.21. The lowest BCUT2D eigenvalue weighted by Crippen LogP contribution is -2.23. The maximum Gasteiger partial charge on any atom is 0.309 e. The zero-order valence-electron chi connectivity index (χ0n) is 18.4. The molecule has 0 aromatic rings. The molecule has 0 aliphatic carbocycles. The molecule has 0 aromatic heterocycles. The molecule has 0 spiro atoms. The summed E-state index contributed by atoms with van der Waals surface area (Å²) >= 11 is 0. The Kier molecular flexibility index (Phi) is 17.6. The quantitative estimate of drug-likeness (QED) is 0.201. The van der Waals surface area contributed by atoms with Crippen molar-refractivity contribution in [3.05, 3.63) is 0 Å². The van der Waals surface area contributed by atoms with Crippen LogP contribution in [0.5, 0.6) is 0 Å². The number of ether oxygens (including phenoxy) is 2. The molecule has 0 heterocycles. The van der Waals surface area contributed by atoms with Crippen LogP contribution in [-0.2, 0) is 19.1 Å². The Morgan fingerprint density at radius 2 is 1.19 bits per heavy atom. The molecule has 0 N–H and O–H groups in total. The third-order valence-electron chi connectivity index (χ3n) is 4.92. The molecule has 1 atom stereocenters. The lowest BCUT2D eigenvalue weighted by atomic mass is 9.90. The van der Waals surface area contributed by atoms with Crippen LogP contribution in [0, 0.1) is 11.8 Å². The van der Waals surface area contributed by atoms with Crippen molar-refractivity contribution in [1.29, 1.82) is 0 Å². The smallest absolute Gasteiger partial charge is 0.309 e. The van der Waals surface area contributed by atoms with Crippen LogP contribution in [0.4, 0.5) is 0 Å². The minimum Gasteiger partial charge on any atom is -0.466 e. The van der Waals surface area contributed by atoms with Gasteiger partial charge in [0.2, 0.25) is 0 Å². The van der Waals surface area contributed by atoms with Crippen molar-refractivity contribution >= 4 is 11.9 Å². The molecule has 160 valence electrons. The molecule has 27 heavy (non-hydrogen) atoms. The summed E-state index contributed by atoms with van der Waals surface area (Å²) in [6.45, 7) is 9.36. The van der Waals surface area contributed by atoms with Crippen LogP contribution in [0.2, 0.25) is 0 Å². The second kappa shape index (κ2) is 18.3. The fourth-order valence-corrected chi connectivity index (χ4v) is 3.19. The molecule has 0 aromatic carbocycles. The zero-order chi connectivity index (χ0) is 20.3. The van der Waals surface area contributed by atoms with Crippen LogP contribution in [0.15, 0.2) is 0 Å². The molecule has 0 aliphatic heterocycles. The van der Waals surface area contributed by atoms with Crippen molar-refractivity contribution in [2.24, 2.45) is 11.8 Å². The second-order valence-electron chi connectivity index (χ2n) is 7.96. The van der Waals surface area contributed by atoms with Crippen LogP contribution in [0.1, 0.15) is 111 Å². The summed E-state index contributed by atoms with van der Waals surface area (Å²) < 4.78 is 10.4. The number of esters is 2. The second-order valence-corrected chi connectivity index (χ2v) is 7.96. The predicted molar refractivity (Wildman–Crippen MR) is 112 cm³/mol. The third-order valence-corrected chi connectivity index (χ3v) is 4.92. The molecule has 0 saturated heterocycles. The molecular weight excluding hydrogens is 340 g/mol. The fraction of sp³-hybridized carbons (Fsp3) is 0.913. The number of rotatable bonds is 18. The topological polar surface area (TPSA) is 52.6 Å². The first-order valence-corrected chi connectivity index (χ1v) is 11.3. The van der Waals surface area contributed by atoms with Gasteiger partial charge in [0.25, 0.3) is 0 Å². The van der Waals surface area contributed by atoms with Gasteiger partial charge in [0.15, 0.2) is 0 Å². The molecular formula is C23H44O4. The standard InChI is InChI=1S/C23H44O4/c1-5-18-26-22(24)17-15-13-11-9-7-8-10-12-14-16-21(20(3)4)23(25)27-19-6-2/h20-21H,5-19H2,1-4H3. The van der Waals surface area contributed by atoms with Crippen molar-refractivity contribution < 1.29 is 19.1 Å². The highest BCUT2D eigenvalue weighted by atomic mass is 16.5. The van der Waals surface area contributed by atoms with Crippen LogP contribution >= 0.6 is 0 Å².